The largest absolute Gasteiger partial charge is 0.370 e. The van der Waals surface area contributed by atoms with Gasteiger partial charge in [0.25, 0.3) is 5.56 Å². The van der Waals surface area contributed by atoms with E-state index < -0.39 is 0 Å². The van der Waals surface area contributed by atoms with E-state index in [1.807, 2.05) is 0 Å². The van der Waals surface area contributed by atoms with Crippen LogP contribution in [0.3, 0.4) is 0 Å². The molecule has 1 rings (SSSR count). The van der Waals surface area contributed by atoms with Crippen molar-refractivity contribution in [3.63, 3.8) is 0 Å². The maximum Gasteiger partial charge on any atom is 0.255 e. The molecule has 1 aromatic heterocycles. The minimum Gasteiger partial charge on any atom is -0.370 e. The topological polar surface area (TPSA) is 87.4 Å². The lowest BCUT2D eigenvalue weighted by molar-refractivity contribution is 0.609. The van der Waals surface area contributed by atoms with Crippen molar-refractivity contribution in [1.82, 2.24) is 14.9 Å². The fourth-order valence-electron chi connectivity index (χ4n) is 0.930. The zero-order valence-electron chi connectivity index (χ0n) is 9.52. The number of rotatable bonds is 2. The minimum atomic E-state index is -0.169. The van der Waals surface area contributed by atoms with Crippen LogP contribution in [0.1, 0.15) is 11.4 Å². The van der Waals surface area contributed by atoms with Crippen LogP contribution in [0.25, 0.3) is 0 Å². The first-order valence-electron chi connectivity index (χ1n) is 4.52. The van der Waals surface area contributed by atoms with Gasteiger partial charge in [-0.2, -0.15) is 0 Å². The van der Waals surface area contributed by atoms with Crippen molar-refractivity contribution in [3.05, 3.63) is 27.9 Å². The number of halogens is 1. The average molecular weight is 337 g/mol. The summed E-state index contributed by atoms with van der Waals surface area (Å²) in [5.41, 5.74) is 5.92. The molecule has 7 heteroatoms. The molecule has 1 aromatic rings. The molecule has 90 valence electrons. The van der Waals surface area contributed by atoms with Gasteiger partial charge in [-0.15, -0.1) is 24.0 Å². The average Bonchev–Trinajstić information content (AvgIpc) is 2.15. The molecule has 0 aliphatic rings. The van der Waals surface area contributed by atoms with Crippen molar-refractivity contribution in [2.24, 2.45) is 10.7 Å². The summed E-state index contributed by atoms with van der Waals surface area (Å²) in [5.74, 6) is 0.975. The summed E-state index contributed by atoms with van der Waals surface area (Å²) in [4.78, 5) is 23.7. The molecule has 0 saturated carbocycles. The van der Waals surface area contributed by atoms with Gasteiger partial charge in [-0.3, -0.25) is 4.79 Å². The van der Waals surface area contributed by atoms with Gasteiger partial charge in [-0.25, -0.2) is 9.98 Å². The Kier molecular flexibility index (Phi) is 6.01. The van der Waals surface area contributed by atoms with Crippen LogP contribution in [0, 0.1) is 6.92 Å². The SMILES string of the molecule is Cc1ncc(CN=C(N)N(C)C)c(=O)[nH]1.I. The fourth-order valence-corrected chi connectivity index (χ4v) is 0.930. The Bertz CT molecular complexity index is 426. The molecule has 0 amide bonds. The third-order valence-corrected chi connectivity index (χ3v) is 1.87. The van der Waals surface area contributed by atoms with Crippen LogP contribution in [-0.2, 0) is 6.54 Å². The molecule has 3 N–H and O–H groups in total. The molecule has 0 aliphatic heterocycles. The van der Waals surface area contributed by atoms with E-state index in [2.05, 4.69) is 15.0 Å². The van der Waals surface area contributed by atoms with E-state index >= 15 is 0 Å². The number of aromatic nitrogens is 2. The third kappa shape index (κ3) is 4.17. The van der Waals surface area contributed by atoms with Crippen molar-refractivity contribution in [2.75, 3.05) is 14.1 Å². The van der Waals surface area contributed by atoms with Gasteiger partial charge < -0.3 is 15.6 Å². The molecule has 0 atom stereocenters. The highest BCUT2D eigenvalue weighted by Gasteiger charge is 2.00. The lowest BCUT2D eigenvalue weighted by Gasteiger charge is -2.09. The molecule has 16 heavy (non-hydrogen) atoms. The van der Waals surface area contributed by atoms with Crippen molar-refractivity contribution in [3.8, 4) is 0 Å². The standard InChI is InChI=1S/C9H15N5O.HI/c1-6-11-4-7(8(15)13-6)5-12-9(10)14(2)3;/h4H,5H2,1-3H3,(H2,10,12)(H,11,13,15);1H. The Morgan fingerprint density at radius 1 is 1.62 bits per heavy atom. The van der Waals surface area contributed by atoms with Crippen molar-refractivity contribution < 1.29 is 0 Å². The van der Waals surface area contributed by atoms with Crippen molar-refractivity contribution in [2.45, 2.75) is 13.5 Å². The molecule has 0 radical (unpaired) electrons. The number of guanidine groups is 1. The Morgan fingerprint density at radius 3 is 2.75 bits per heavy atom. The van der Waals surface area contributed by atoms with Crippen molar-refractivity contribution in [1.29, 1.82) is 0 Å². The minimum absolute atomic E-state index is 0. The van der Waals surface area contributed by atoms with E-state index in [0.29, 0.717) is 17.3 Å². The summed E-state index contributed by atoms with van der Waals surface area (Å²) in [6, 6.07) is 0. The number of nitrogens with one attached hydrogen (secondary N) is 1. The number of nitrogens with two attached hydrogens (primary N) is 1. The molecule has 0 unspecified atom stereocenters. The van der Waals surface area contributed by atoms with Crippen molar-refractivity contribution >= 4 is 29.9 Å². The second kappa shape index (κ2) is 6.46. The van der Waals surface area contributed by atoms with E-state index in [9.17, 15) is 4.79 Å². The van der Waals surface area contributed by atoms with Crippen LogP contribution < -0.4 is 11.3 Å². The Labute approximate surface area is 111 Å². The van der Waals surface area contributed by atoms with Crippen LogP contribution in [0.5, 0.6) is 0 Å². The summed E-state index contributed by atoms with van der Waals surface area (Å²) in [7, 11) is 3.58. The summed E-state index contributed by atoms with van der Waals surface area (Å²) >= 11 is 0. The highest BCUT2D eigenvalue weighted by molar-refractivity contribution is 14.0. The van der Waals surface area contributed by atoms with Gasteiger partial charge in [0.2, 0.25) is 0 Å². The first-order chi connectivity index (χ1) is 7.00. The second-order valence-corrected chi connectivity index (χ2v) is 3.39. The van der Waals surface area contributed by atoms with Gasteiger partial charge in [-0.05, 0) is 6.92 Å². The summed E-state index contributed by atoms with van der Waals surface area (Å²) in [6.45, 7) is 1.97. The number of H-pyrrole nitrogens is 1. The molecule has 0 spiro atoms. The Morgan fingerprint density at radius 2 is 2.25 bits per heavy atom. The van der Waals surface area contributed by atoms with E-state index in [4.69, 9.17) is 5.73 Å². The molecule has 0 bridgehead atoms. The van der Waals surface area contributed by atoms with Crippen LogP contribution >= 0.6 is 24.0 Å². The zero-order valence-corrected chi connectivity index (χ0v) is 11.9. The molecule has 6 nitrogen and oxygen atoms in total. The van der Waals surface area contributed by atoms with Gasteiger partial charge in [0.1, 0.15) is 5.82 Å². The quantitative estimate of drug-likeness (QED) is 0.454. The number of hydrogen-bond donors (Lipinski definition) is 2. The Hall–Kier alpha value is -1.12. The van der Waals surface area contributed by atoms with Gasteiger partial charge in [0, 0.05) is 20.3 Å². The summed E-state index contributed by atoms with van der Waals surface area (Å²) in [5, 5.41) is 0. The number of aromatic amines is 1. The summed E-state index contributed by atoms with van der Waals surface area (Å²) in [6.07, 6.45) is 1.51. The smallest absolute Gasteiger partial charge is 0.255 e. The Balaban J connectivity index is 0.00000225. The van der Waals surface area contributed by atoms with E-state index in [0.717, 1.165) is 0 Å². The molecule has 0 aliphatic carbocycles. The maximum atomic E-state index is 11.4. The third-order valence-electron chi connectivity index (χ3n) is 1.87. The molecule has 0 aromatic carbocycles. The van der Waals surface area contributed by atoms with Gasteiger partial charge in [-0.1, -0.05) is 0 Å². The van der Waals surface area contributed by atoms with E-state index in [-0.39, 0.29) is 36.1 Å². The lowest BCUT2D eigenvalue weighted by atomic mass is 10.3. The highest BCUT2D eigenvalue weighted by atomic mass is 127. The highest BCUT2D eigenvalue weighted by Crippen LogP contribution is 1.92. The first-order valence-corrected chi connectivity index (χ1v) is 4.52. The molecule has 0 saturated heterocycles. The van der Waals surface area contributed by atoms with Gasteiger partial charge in [0.05, 0.1) is 12.1 Å². The predicted molar refractivity (Wildman–Crippen MR) is 74.0 cm³/mol. The molecular formula is C9H16IN5O. The number of aliphatic imine (C=N–C) groups is 1. The van der Waals surface area contributed by atoms with Gasteiger partial charge >= 0.3 is 0 Å². The van der Waals surface area contributed by atoms with Gasteiger partial charge in [0.15, 0.2) is 5.96 Å². The number of nitrogens with zero attached hydrogens (tertiary/aromatic N) is 3. The maximum absolute atomic E-state index is 11.4. The fraction of sp³-hybridized carbons (Fsp3) is 0.444. The van der Waals surface area contributed by atoms with Crippen LogP contribution in [-0.4, -0.2) is 34.9 Å². The van der Waals surface area contributed by atoms with Crippen LogP contribution in [0.4, 0.5) is 0 Å². The molecule has 0 fully saturated rings. The monoisotopic (exact) mass is 337 g/mol. The van der Waals surface area contributed by atoms with Crippen LogP contribution in [0.2, 0.25) is 0 Å². The first kappa shape index (κ1) is 14.9. The molecular weight excluding hydrogens is 321 g/mol. The number of aryl methyl sites for hydroxylation is 1. The van der Waals surface area contributed by atoms with E-state index in [1.54, 1.807) is 25.9 Å². The lowest BCUT2D eigenvalue weighted by Crippen LogP contribution is -2.30. The molecule has 1 heterocycles. The normalized spacial score (nSPS) is 10.8. The summed E-state index contributed by atoms with van der Waals surface area (Å²) < 4.78 is 0. The second-order valence-electron chi connectivity index (χ2n) is 3.39. The van der Waals surface area contributed by atoms with E-state index in [1.165, 1.54) is 6.20 Å². The van der Waals surface area contributed by atoms with Crippen LogP contribution in [0.15, 0.2) is 16.0 Å². The predicted octanol–water partition coefficient (Wildman–Crippen LogP) is 0.0726. The zero-order chi connectivity index (χ0) is 11.4. The number of hydrogen-bond acceptors (Lipinski definition) is 3.